The lowest BCUT2D eigenvalue weighted by Crippen LogP contribution is -1.90. The summed E-state index contributed by atoms with van der Waals surface area (Å²) in [6.07, 6.45) is 1.99. The maximum Gasteiger partial charge on any atom is 0.104 e. The van der Waals surface area contributed by atoms with Crippen LogP contribution in [0.5, 0.6) is 0 Å². The smallest absolute Gasteiger partial charge is 0.104 e. The van der Waals surface area contributed by atoms with Gasteiger partial charge in [0.1, 0.15) is 5.82 Å². The third-order valence-electron chi connectivity index (χ3n) is 3.88. The lowest BCUT2D eigenvalue weighted by Gasteiger charge is -1.99. The highest BCUT2D eigenvalue weighted by Crippen LogP contribution is 2.24. The minimum absolute atomic E-state index is 0.966. The Balaban J connectivity index is 1.56. The van der Waals surface area contributed by atoms with E-state index in [2.05, 4.69) is 53.3 Å². The molecule has 3 nitrogen and oxygen atoms in total. The predicted octanol–water partition coefficient (Wildman–Crippen LogP) is 4.57. The van der Waals surface area contributed by atoms with E-state index < -0.39 is 0 Å². The Bertz CT molecular complexity index is 963. The second-order valence-electron chi connectivity index (χ2n) is 5.75. The van der Waals surface area contributed by atoms with Crippen LogP contribution in [0, 0.1) is 13.8 Å². The second kappa shape index (κ2) is 5.21. The van der Waals surface area contributed by atoms with Gasteiger partial charge in [-0.05, 0) is 55.7 Å². The summed E-state index contributed by atoms with van der Waals surface area (Å²) in [4.78, 5) is 12.5. The number of aromatic nitrogens is 3. The summed E-state index contributed by atoms with van der Waals surface area (Å²) in [5, 5.41) is 1.21. The molecule has 0 atom stereocenters. The molecule has 110 valence electrons. The highest BCUT2D eigenvalue weighted by atomic mass is 32.1. The molecule has 2 aromatic carbocycles. The van der Waals surface area contributed by atoms with Gasteiger partial charge in [0.15, 0.2) is 0 Å². The number of aromatic amines is 1. The molecule has 0 fully saturated rings. The van der Waals surface area contributed by atoms with Gasteiger partial charge < -0.3 is 4.98 Å². The van der Waals surface area contributed by atoms with E-state index in [0.717, 1.165) is 35.2 Å². The Hall–Kier alpha value is -2.20. The van der Waals surface area contributed by atoms with Gasteiger partial charge in [0.2, 0.25) is 0 Å². The molecule has 0 aliphatic carbocycles. The number of benzene rings is 2. The van der Waals surface area contributed by atoms with Crippen LogP contribution in [0.1, 0.15) is 22.0 Å². The quantitative estimate of drug-likeness (QED) is 0.602. The first kappa shape index (κ1) is 13.5. The van der Waals surface area contributed by atoms with Crippen LogP contribution in [-0.2, 0) is 12.8 Å². The van der Waals surface area contributed by atoms with Gasteiger partial charge in [0.05, 0.1) is 26.3 Å². The average Bonchev–Trinajstić information content (AvgIpc) is 3.05. The van der Waals surface area contributed by atoms with Crippen molar-refractivity contribution in [3.8, 4) is 0 Å². The first-order chi connectivity index (χ1) is 10.7. The molecule has 2 heterocycles. The third kappa shape index (κ3) is 2.50. The van der Waals surface area contributed by atoms with Gasteiger partial charge in [-0.1, -0.05) is 12.1 Å². The number of aryl methyl sites for hydroxylation is 4. The lowest BCUT2D eigenvalue weighted by molar-refractivity contribution is 0.950. The van der Waals surface area contributed by atoms with Crippen LogP contribution in [0.15, 0.2) is 36.4 Å². The van der Waals surface area contributed by atoms with Crippen LogP contribution in [0.25, 0.3) is 21.3 Å². The zero-order chi connectivity index (χ0) is 15.1. The summed E-state index contributed by atoms with van der Waals surface area (Å²) in [6, 6.07) is 12.9. The first-order valence-electron chi connectivity index (χ1n) is 7.49. The molecule has 4 rings (SSSR count). The normalized spacial score (nSPS) is 11.5. The fraction of sp³-hybridized carbons (Fsp3) is 0.222. The Kier molecular flexibility index (Phi) is 3.19. The monoisotopic (exact) mass is 307 g/mol. The van der Waals surface area contributed by atoms with E-state index in [1.807, 2.05) is 6.92 Å². The largest absolute Gasteiger partial charge is 0.342 e. The number of fused-ring (bicyclic) bond motifs is 2. The van der Waals surface area contributed by atoms with Crippen LogP contribution in [0.4, 0.5) is 0 Å². The predicted molar refractivity (Wildman–Crippen MR) is 92.6 cm³/mol. The molecule has 0 saturated heterocycles. The third-order valence-corrected chi connectivity index (χ3v) is 4.98. The minimum atomic E-state index is 0.966. The highest BCUT2D eigenvalue weighted by Gasteiger charge is 2.06. The van der Waals surface area contributed by atoms with Gasteiger partial charge in [-0.3, -0.25) is 0 Å². The number of H-pyrrole nitrogens is 1. The fourth-order valence-electron chi connectivity index (χ4n) is 2.78. The zero-order valence-electron chi connectivity index (χ0n) is 12.7. The summed E-state index contributed by atoms with van der Waals surface area (Å²) in [6.45, 7) is 4.10. The van der Waals surface area contributed by atoms with Crippen molar-refractivity contribution < 1.29 is 0 Å². The number of nitrogens with one attached hydrogen (secondary N) is 1. The maximum atomic E-state index is 4.75. The van der Waals surface area contributed by atoms with Crippen LogP contribution < -0.4 is 0 Å². The van der Waals surface area contributed by atoms with Crippen molar-refractivity contribution in [3.63, 3.8) is 0 Å². The van der Waals surface area contributed by atoms with Gasteiger partial charge in [-0.25, -0.2) is 9.97 Å². The van der Waals surface area contributed by atoms with Gasteiger partial charge >= 0.3 is 0 Å². The molecule has 1 N–H and O–H groups in total. The first-order valence-corrected chi connectivity index (χ1v) is 8.30. The Labute approximate surface area is 133 Å². The van der Waals surface area contributed by atoms with E-state index in [4.69, 9.17) is 4.98 Å². The fourth-order valence-corrected chi connectivity index (χ4v) is 3.73. The summed E-state index contributed by atoms with van der Waals surface area (Å²) in [5.41, 5.74) is 5.88. The van der Waals surface area contributed by atoms with E-state index in [-0.39, 0.29) is 0 Å². The van der Waals surface area contributed by atoms with E-state index in [1.54, 1.807) is 11.3 Å². The van der Waals surface area contributed by atoms with Gasteiger partial charge in [-0.15, -0.1) is 11.3 Å². The molecule has 2 aromatic heterocycles. The summed E-state index contributed by atoms with van der Waals surface area (Å²) in [7, 11) is 0. The molecular weight excluding hydrogens is 290 g/mol. The molecule has 22 heavy (non-hydrogen) atoms. The van der Waals surface area contributed by atoms with Crippen LogP contribution in [0.3, 0.4) is 0 Å². The van der Waals surface area contributed by atoms with Gasteiger partial charge in [-0.2, -0.15) is 0 Å². The summed E-state index contributed by atoms with van der Waals surface area (Å²) >= 11 is 1.80. The number of thiazole rings is 1. The highest BCUT2D eigenvalue weighted by molar-refractivity contribution is 7.18. The molecule has 4 heteroatoms. The zero-order valence-corrected chi connectivity index (χ0v) is 13.5. The number of nitrogens with zero attached hydrogens (tertiary/aromatic N) is 2. The van der Waals surface area contributed by atoms with Crippen LogP contribution in [0.2, 0.25) is 0 Å². The molecule has 0 saturated carbocycles. The van der Waals surface area contributed by atoms with E-state index in [9.17, 15) is 0 Å². The Morgan fingerprint density at radius 3 is 2.77 bits per heavy atom. The van der Waals surface area contributed by atoms with Crippen molar-refractivity contribution in [3.05, 3.63) is 58.4 Å². The van der Waals surface area contributed by atoms with Crippen molar-refractivity contribution in [2.75, 3.05) is 0 Å². The van der Waals surface area contributed by atoms with Crippen molar-refractivity contribution in [1.29, 1.82) is 0 Å². The maximum absolute atomic E-state index is 4.75. The molecule has 0 radical (unpaired) electrons. The molecule has 0 spiro atoms. The second-order valence-corrected chi connectivity index (χ2v) is 6.87. The average molecular weight is 307 g/mol. The lowest BCUT2D eigenvalue weighted by atomic mass is 10.1. The van der Waals surface area contributed by atoms with Crippen molar-refractivity contribution in [2.45, 2.75) is 26.7 Å². The van der Waals surface area contributed by atoms with E-state index >= 15 is 0 Å². The SMILES string of the molecule is Cc1ccc2sc(CCc3ccc4nc(C)[nH]c4c3)nc2c1. The van der Waals surface area contributed by atoms with Crippen molar-refractivity contribution in [1.82, 2.24) is 15.0 Å². The van der Waals surface area contributed by atoms with Crippen molar-refractivity contribution >= 4 is 32.6 Å². The Morgan fingerprint density at radius 1 is 0.955 bits per heavy atom. The molecule has 0 aliphatic heterocycles. The number of hydrogen-bond donors (Lipinski definition) is 1. The van der Waals surface area contributed by atoms with Crippen LogP contribution >= 0.6 is 11.3 Å². The van der Waals surface area contributed by atoms with E-state index in [1.165, 1.54) is 20.8 Å². The van der Waals surface area contributed by atoms with Crippen LogP contribution in [-0.4, -0.2) is 15.0 Å². The topological polar surface area (TPSA) is 41.6 Å². The van der Waals surface area contributed by atoms with Gasteiger partial charge in [0.25, 0.3) is 0 Å². The number of rotatable bonds is 3. The molecule has 0 amide bonds. The van der Waals surface area contributed by atoms with Gasteiger partial charge in [0, 0.05) is 6.42 Å². The number of hydrogen-bond acceptors (Lipinski definition) is 3. The van der Waals surface area contributed by atoms with E-state index in [0.29, 0.717) is 0 Å². The summed E-state index contributed by atoms with van der Waals surface area (Å²) in [5.74, 6) is 0.966. The minimum Gasteiger partial charge on any atom is -0.342 e. The standard InChI is InChI=1S/C18H17N3S/c1-11-3-7-17-16(9-11)21-18(22-17)8-5-13-4-6-14-15(10-13)20-12(2)19-14/h3-4,6-7,9-10H,5,8H2,1-2H3,(H,19,20). The molecule has 0 unspecified atom stereocenters. The molecule has 0 bridgehead atoms. The van der Waals surface area contributed by atoms with Crippen molar-refractivity contribution in [2.24, 2.45) is 0 Å². The molecule has 4 aromatic rings. The molecule has 0 aliphatic rings. The number of imidazole rings is 1. The molecular formula is C18H17N3S. The summed E-state index contributed by atoms with van der Waals surface area (Å²) < 4.78 is 1.28. The Morgan fingerprint density at radius 2 is 1.86 bits per heavy atom.